The molecular weight excluding hydrogens is 220 g/mol. The fourth-order valence-corrected chi connectivity index (χ4v) is 1.79. The van der Waals surface area contributed by atoms with Crippen molar-refractivity contribution >= 4 is 6.03 Å². The quantitative estimate of drug-likeness (QED) is 0.837. The molecule has 1 aromatic heterocycles. The van der Waals surface area contributed by atoms with E-state index in [2.05, 4.69) is 15.5 Å². The van der Waals surface area contributed by atoms with Crippen LogP contribution in [0.2, 0.25) is 0 Å². The summed E-state index contributed by atoms with van der Waals surface area (Å²) in [6.45, 7) is 3.87. The Morgan fingerprint density at radius 3 is 3.29 bits per heavy atom. The van der Waals surface area contributed by atoms with Crippen molar-refractivity contribution in [2.45, 2.75) is 19.4 Å². The molecule has 1 fully saturated rings. The SMILES string of the molecule is CCNC(=O)N1CCC(Oc2cccnn2)C1. The molecule has 92 valence electrons. The molecule has 1 aliphatic rings. The molecule has 1 aromatic rings. The minimum Gasteiger partial charge on any atom is -0.471 e. The van der Waals surface area contributed by atoms with Gasteiger partial charge in [-0.15, -0.1) is 5.10 Å². The van der Waals surface area contributed by atoms with E-state index in [1.54, 1.807) is 23.2 Å². The molecule has 1 saturated heterocycles. The first-order chi connectivity index (χ1) is 8.29. The predicted octanol–water partition coefficient (Wildman–Crippen LogP) is 0.659. The lowest BCUT2D eigenvalue weighted by Gasteiger charge is -2.16. The van der Waals surface area contributed by atoms with E-state index >= 15 is 0 Å². The summed E-state index contributed by atoms with van der Waals surface area (Å²) in [7, 11) is 0. The molecule has 2 rings (SSSR count). The van der Waals surface area contributed by atoms with E-state index in [1.165, 1.54) is 0 Å². The van der Waals surface area contributed by atoms with Gasteiger partial charge in [-0.3, -0.25) is 0 Å². The summed E-state index contributed by atoms with van der Waals surface area (Å²) in [5.74, 6) is 0.509. The van der Waals surface area contributed by atoms with Gasteiger partial charge in [0.2, 0.25) is 5.88 Å². The highest BCUT2D eigenvalue weighted by atomic mass is 16.5. The molecule has 0 aromatic carbocycles. The third-order valence-electron chi connectivity index (χ3n) is 2.60. The van der Waals surface area contributed by atoms with Crippen molar-refractivity contribution in [2.24, 2.45) is 0 Å². The van der Waals surface area contributed by atoms with Gasteiger partial charge in [-0.05, 0) is 13.0 Å². The van der Waals surface area contributed by atoms with E-state index in [1.807, 2.05) is 6.92 Å². The fourth-order valence-electron chi connectivity index (χ4n) is 1.79. The van der Waals surface area contributed by atoms with Gasteiger partial charge in [0, 0.05) is 31.8 Å². The summed E-state index contributed by atoms with van der Waals surface area (Å²) in [6.07, 6.45) is 2.44. The first-order valence-electron chi connectivity index (χ1n) is 5.76. The van der Waals surface area contributed by atoms with E-state index in [9.17, 15) is 4.79 Å². The van der Waals surface area contributed by atoms with Crippen molar-refractivity contribution in [2.75, 3.05) is 19.6 Å². The number of carbonyl (C=O) groups is 1. The van der Waals surface area contributed by atoms with Crippen LogP contribution in [0.1, 0.15) is 13.3 Å². The van der Waals surface area contributed by atoms with E-state index in [0.29, 0.717) is 19.0 Å². The lowest BCUT2D eigenvalue weighted by molar-refractivity contribution is 0.182. The number of rotatable bonds is 3. The summed E-state index contributed by atoms with van der Waals surface area (Å²) in [5, 5.41) is 10.4. The first-order valence-corrected chi connectivity index (χ1v) is 5.76. The Balaban J connectivity index is 1.84. The lowest BCUT2D eigenvalue weighted by atomic mass is 10.3. The number of aromatic nitrogens is 2. The van der Waals surface area contributed by atoms with E-state index in [0.717, 1.165) is 13.0 Å². The van der Waals surface area contributed by atoms with Crippen molar-refractivity contribution in [3.63, 3.8) is 0 Å². The number of hydrogen-bond donors (Lipinski definition) is 1. The summed E-state index contributed by atoms with van der Waals surface area (Å²) in [6, 6.07) is 3.51. The topological polar surface area (TPSA) is 67.4 Å². The van der Waals surface area contributed by atoms with Gasteiger partial charge in [-0.1, -0.05) is 0 Å². The average molecular weight is 236 g/mol. The second-order valence-corrected chi connectivity index (χ2v) is 3.87. The predicted molar refractivity (Wildman–Crippen MR) is 61.7 cm³/mol. The third-order valence-corrected chi connectivity index (χ3v) is 2.60. The van der Waals surface area contributed by atoms with E-state index in [4.69, 9.17) is 4.74 Å². The van der Waals surface area contributed by atoms with Gasteiger partial charge >= 0.3 is 6.03 Å². The molecule has 0 bridgehead atoms. The Kier molecular flexibility index (Phi) is 3.74. The Morgan fingerprint density at radius 2 is 2.59 bits per heavy atom. The van der Waals surface area contributed by atoms with Crippen LogP contribution in [-0.4, -0.2) is 46.9 Å². The second kappa shape index (κ2) is 5.47. The average Bonchev–Trinajstić information content (AvgIpc) is 2.79. The molecule has 0 spiro atoms. The highest BCUT2D eigenvalue weighted by molar-refractivity contribution is 5.74. The standard InChI is InChI=1S/C11H16N4O2/c1-2-12-11(16)15-7-5-9(8-15)17-10-4-3-6-13-14-10/h3-4,6,9H,2,5,7-8H2,1H3,(H,12,16). The molecule has 0 aliphatic carbocycles. The van der Waals surface area contributed by atoms with Crippen LogP contribution in [0.15, 0.2) is 18.3 Å². The van der Waals surface area contributed by atoms with Crippen molar-refractivity contribution in [3.8, 4) is 5.88 Å². The molecule has 17 heavy (non-hydrogen) atoms. The molecule has 6 heteroatoms. The molecular formula is C11H16N4O2. The van der Waals surface area contributed by atoms with Crippen LogP contribution < -0.4 is 10.1 Å². The monoisotopic (exact) mass is 236 g/mol. The number of likely N-dealkylation sites (tertiary alicyclic amines) is 1. The van der Waals surface area contributed by atoms with Gasteiger partial charge in [0.15, 0.2) is 0 Å². The number of hydrogen-bond acceptors (Lipinski definition) is 4. The number of urea groups is 1. The number of ether oxygens (including phenoxy) is 1. The maximum atomic E-state index is 11.6. The highest BCUT2D eigenvalue weighted by Gasteiger charge is 2.27. The van der Waals surface area contributed by atoms with Crippen LogP contribution in [0.25, 0.3) is 0 Å². The number of nitrogens with one attached hydrogen (secondary N) is 1. The van der Waals surface area contributed by atoms with Crippen LogP contribution in [-0.2, 0) is 0 Å². The summed E-state index contributed by atoms with van der Waals surface area (Å²) < 4.78 is 5.64. The summed E-state index contributed by atoms with van der Waals surface area (Å²) in [5.41, 5.74) is 0. The number of nitrogens with zero attached hydrogens (tertiary/aromatic N) is 3. The lowest BCUT2D eigenvalue weighted by Crippen LogP contribution is -2.39. The van der Waals surface area contributed by atoms with Crippen LogP contribution >= 0.6 is 0 Å². The minimum atomic E-state index is -0.0299. The molecule has 2 amide bonds. The third kappa shape index (κ3) is 3.05. The smallest absolute Gasteiger partial charge is 0.317 e. The van der Waals surface area contributed by atoms with Crippen molar-refractivity contribution in [1.29, 1.82) is 0 Å². The van der Waals surface area contributed by atoms with Crippen LogP contribution in [0.4, 0.5) is 4.79 Å². The Hall–Kier alpha value is -1.85. The van der Waals surface area contributed by atoms with Gasteiger partial charge in [-0.25, -0.2) is 4.79 Å². The maximum absolute atomic E-state index is 11.6. The van der Waals surface area contributed by atoms with Gasteiger partial charge in [0.1, 0.15) is 6.10 Å². The molecule has 1 aliphatic heterocycles. The molecule has 1 N–H and O–H groups in total. The van der Waals surface area contributed by atoms with Gasteiger partial charge in [0.25, 0.3) is 0 Å². The highest BCUT2D eigenvalue weighted by Crippen LogP contribution is 2.15. The van der Waals surface area contributed by atoms with Crippen LogP contribution in [0.3, 0.4) is 0 Å². The molecule has 6 nitrogen and oxygen atoms in total. The Bertz CT molecular complexity index is 371. The second-order valence-electron chi connectivity index (χ2n) is 3.87. The zero-order valence-corrected chi connectivity index (χ0v) is 9.80. The van der Waals surface area contributed by atoms with E-state index in [-0.39, 0.29) is 12.1 Å². The minimum absolute atomic E-state index is 0.00862. The summed E-state index contributed by atoms with van der Waals surface area (Å²) in [4.78, 5) is 13.3. The molecule has 1 unspecified atom stereocenters. The fraction of sp³-hybridized carbons (Fsp3) is 0.545. The van der Waals surface area contributed by atoms with Crippen molar-refractivity contribution in [3.05, 3.63) is 18.3 Å². The molecule has 2 heterocycles. The molecule has 0 radical (unpaired) electrons. The normalized spacial score (nSPS) is 19.1. The van der Waals surface area contributed by atoms with Crippen molar-refractivity contribution < 1.29 is 9.53 Å². The maximum Gasteiger partial charge on any atom is 0.317 e. The molecule has 0 saturated carbocycles. The first kappa shape index (κ1) is 11.6. The number of amides is 2. The zero-order valence-electron chi connectivity index (χ0n) is 9.80. The Labute approximate surface area is 100.0 Å². The Morgan fingerprint density at radius 1 is 1.71 bits per heavy atom. The van der Waals surface area contributed by atoms with Gasteiger partial charge in [-0.2, -0.15) is 5.10 Å². The largest absolute Gasteiger partial charge is 0.471 e. The van der Waals surface area contributed by atoms with Crippen LogP contribution in [0.5, 0.6) is 5.88 Å². The van der Waals surface area contributed by atoms with Crippen LogP contribution in [0, 0.1) is 0 Å². The zero-order chi connectivity index (χ0) is 12.1. The van der Waals surface area contributed by atoms with Gasteiger partial charge < -0.3 is 15.0 Å². The van der Waals surface area contributed by atoms with E-state index < -0.39 is 0 Å². The number of carbonyl (C=O) groups excluding carboxylic acids is 1. The van der Waals surface area contributed by atoms with Crippen molar-refractivity contribution in [1.82, 2.24) is 20.4 Å². The molecule has 1 atom stereocenters. The summed E-state index contributed by atoms with van der Waals surface area (Å²) >= 11 is 0. The van der Waals surface area contributed by atoms with Gasteiger partial charge in [0.05, 0.1) is 6.54 Å².